The van der Waals surface area contributed by atoms with Crippen LogP contribution in [0.15, 0.2) is 0 Å². The number of carbonyl (C=O) groups is 1. The summed E-state index contributed by atoms with van der Waals surface area (Å²) >= 11 is 0. The highest BCUT2D eigenvalue weighted by Crippen LogP contribution is 2.17. The van der Waals surface area contributed by atoms with E-state index < -0.39 is 0 Å². The Hall–Kier alpha value is -0.330. The van der Waals surface area contributed by atoms with E-state index in [1.807, 2.05) is 0 Å². The fourth-order valence-corrected chi connectivity index (χ4v) is 5.78. The van der Waals surface area contributed by atoms with Crippen molar-refractivity contribution in [2.45, 2.75) is 225 Å². The van der Waals surface area contributed by atoms with Crippen LogP contribution in [-0.2, 0) is 4.79 Å². The third-order valence-corrected chi connectivity index (χ3v) is 8.43. The molecule has 0 atom stereocenters. The number of unbranched alkanes of at least 4 members (excludes halogenated alkanes) is 33. The lowest BCUT2D eigenvalue weighted by molar-refractivity contribution is -0.107. The van der Waals surface area contributed by atoms with E-state index in [9.17, 15) is 4.79 Å². The van der Waals surface area contributed by atoms with Gasteiger partial charge in [-0.3, -0.25) is 0 Å². The molecule has 0 spiro atoms. The van der Waals surface area contributed by atoms with Crippen molar-refractivity contribution in [1.82, 2.24) is 0 Å². The van der Waals surface area contributed by atoms with Crippen LogP contribution < -0.4 is 0 Å². The van der Waals surface area contributed by atoms with Crippen LogP contribution in [0, 0.1) is 0 Å². The van der Waals surface area contributed by atoms with Gasteiger partial charge in [0.25, 0.3) is 0 Å². The van der Waals surface area contributed by atoms with Crippen molar-refractivity contribution in [3.05, 3.63) is 0 Å². The molecule has 0 heterocycles. The fourth-order valence-electron chi connectivity index (χ4n) is 5.78. The van der Waals surface area contributed by atoms with Gasteiger partial charge in [0.15, 0.2) is 0 Å². The number of rotatable bonds is 34. The Kier molecular flexibility index (Phi) is 35.4. The van der Waals surface area contributed by atoms with Crippen LogP contribution >= 0.6 is 0 Å². The molecule has 0 unspecified atom stereocenters. The molecule has 0 fully saturated rings. The number of carbonyl (C=O) groups excluding carboxylic acids is 1. The summed E-state index contributed by atoms with van der Waals surface area (Å²) in [5, 5.41) is 0. The molecule has 0 rings (SSSR count). The summed E-state index contributed by atoms with van der Waals surface area (Å²) in [4.78, 5) is 10.3. The second kappa shape index (κ2) is 35.7. The molecule has 0 aliphatic carbocycles. The van der Waals surface area contributed by atoms with Gasteiger partial charge in [0, 0.05) is 6.42 Å². The van der Waals surface area contributed by atoms with Gasteiger partial charge in [0.1, 0.15) is 6.29 Å². The molecule has 37 heavy (non-hydrogen) atoms. The Morgan fingerprint density at radius 2 is 0.432 bits per heavy atom. The van der Waals surface area contributed by atoms with Crippen molar-refractivity contribution in [3.8, 4) is 0 Å². The predicted molar refractivity (Wildman–Crippen MR) is 169 cm³/mol. The van der Waals surface area contributed by atoms with E-state index in [0.29, 0.717) is 0 Å². The summed E-state index contributed by atoms with van der Waals surface area (Å²) in [6.45, 7) is 2.30. The minimum Gasteiger partial charge on any atom is -0.303 e. The van der Waals surface area contributed by atoms with E-state index in [4.69, 9.17) is 0 Å². The van der Waals surface area contributed by atoms with Crippen LogP contribution in [0.25, 0.3) is 0 Å². The molecular formula is C36H72O. The second-order valence-electron chi connectivity index (χ2n) is 12.3. The van der Waals surface area contributed by atoms with Crippen molar-refractivity contribution in [3.63, 3.8) is 0 Å². The topological polar surface area (TPSA) is 17.1 Å². The fraction of sp³-hybridized carbons (Fsp3) is 0.972. The first kappa shape index (κ1) is 36.7. The normalized spacial score (nSPS) is 11.4. The molecule has 0 aliphatic heterocycles. The summed E-state index contributed by atoms with van der Waals surface area (Å²) in [6.07, 6.45) is 49.4. The Bertz CT molecular complexity index is 390. The Balaban J connectivity index is 3.01. The van der Waals surface area contributed by atoms with Gasteiger partial charge in [-0.2, -0.15) is 0 Å². The Morgan fingerprint density at radius 1 is 0.270 bits per heavy atom. The third kappa shape index (κ3) is 35.7. The summed E-state index contributed by atoms with van der Waals surface area (Å²) in [5.41, 5.74) is 0. The number of aldehydes is 1. The molecular weight excluding hydrogens is 448 g/mol. The van der Waals surface area contributed by atoms with Crippen molar-refractivity contribution in [1.29, 1.82) is 0 Å². The van der Waals surface area contributed by atoms with Crippen molar-refractivity contribution >= 4 is 6.29 Å². The lowest BCUT2D eigenvalue weighted by atomic mass is 10.0. The first-order valence-corrected chi connectivity index (χ1v) is 17.9. The van der Waals surface area contributed by atoms with Crippen molar-refractivity contribution < 1.29 is 4.79 Å². The van der Waals surface area contributed by atoms with Crippen LogP contribution in [-0.4, -0.2) is 6.29 Å². The average molecular weight is 521 g/mol. The summed E-state index contributed by atoms with van der Waals surface area (Å²) in [7, 11) is 0. The molecule has 0 saturated heterocycles. The lowest BCUT2D eigenvalue weighted by Crippen LogP contribution is -1.85. The minimum absolute atomic E-state index is 0.763. The smallest absolute Gasteiger partial charge is 0.119 e. The maximum atomic E-state index is 10.3. The van der Waals surface area contributed by atoms with Gasteiger partial charge in [-0.15, -0.1) is 0 Å². The summed E-state index contributed by atoms with van der Waals surface area (Å²) in [5.74, 6) is 0. The highest BCUT2D eigenvalue weighted by atomic mass is 16.1. The first-order valence-electron chi connectivity index (χ1n) is 17.9. The van der Waals surface area contributed by atoms with Crippen LogP contribution in [0.2, 0.25) is 0 Å². The zero-order valence-electron chi connectivity index (χ0n) is 26.0. The van der Waals surface area contributed by atoms with Crippen molar-refractivity contribution in [2.24, 2.45) is 0 Å². The zero-order valence-corrected chi connectivity index (χ0v) is 26.0. The van der Waals surface area contributed by atoms with Crippen LogP contribution in [0.4, 0.5) is 0 Å². The monoisotopic (exact) mass is 521 g/mol. The first-order chi connectivity index (χ1) is 18.4. The van der Waals surface area contributed by atoms with Crippen molar-refractivity contribution in [2.75, 3.05) is 0 Å². The van der Waals surface area contributed by atoms with Gasteiger partial charge in [0.2, 0.25) is 0 Å². The van der Waals surface area contributed by atoms with E-state index in [-0.39, 0.29) is 0 Å². The molecule has 0 aliphatic rings. The molecule has 0 radical (unpaired) electrons. The van der Waals surface area contributed by atoms with E-state index >= 15 is 0 Å². The molecule has 0 aromatic rings. The Morgan fingerprint density at radius 3 is 0.595 bits per heavy atom. The number of hydrogen-bond donors (Lipinski definition) is 0. The van der Waals surface area contributed by atoms with Crippen LogP contribution in [0.1, 0.15) is 225 Å². The molecule has 0 saturated carbocycles. The average Bonchev–Trinajstić information content (AvgIpc) is 2.91. The molecule has 0 aromatic heterocycles. The Labute approximate surface area is 236 Å². The highest BCUT2D eigenvalue weighted by Gasteiger charge is 1.97. The lowest BCUT2D eigenvalue weighted by Gasteiger charge is -2.05. The van der Waals surface area contributed by atoms with E-state index in [0.717, 1.165) is 19.1 Å². The van der Waals surface area contributed by atoms with Gasteiger partial charge in [-0.05, 0) is 6.42 Å². The minimum atomic E-state index is 0.763. The maximum absolute atomic E-state index is 10.3. The largest absolute Gasteiger partial charge is 0.303 e. The SMILES string of the molecule is CCCCCCCCCCCCCCCCCCCCCCCCCCCCCCCCCCCC=O. The summed E-state index contributed by atoms with van der Waals surface area (Å²) < 4.78 is 0. The highest BCUT2D eigenvalue weighted by molar-refractivity contribution is 5.48. The van der Waals surface area contributed by atoms with Gasteiger partial charge in [-0.25, -0.2) is 0 Å². The second-order valence-corrected chi connectivity index (χ2v) is 12.3. The van der Waals surface area contributed by atoms with E-state index in [1.54, 1.807) is 0 Å². The van der Waals surface area contributed by atoms with Crippen LogP contribution in [0.5, 0.6) is 0 Å². The number of hydrogen-bond acceptors (Lipinski definition) is 1. The molecule has 0 aromatic carbocycles. The van der Waals surface area contributed by atoms with Gasteiger partial charge < -0.3 is 4.79 Å². The predicted octanol–water partition coefficient (Wildman–Crippen LogP) is 13.5. The van der Waals surface area contributed by atoms with Gasteiger partial charge >= 0.3 is 0 Å². The molecule has 1 nitrogen and oxygen atoms in total. The van der Waals surface area contributed by atoms with Gasteiger partial charge in [0.05, 0.1) is 0 Å². The van der Waals surface area contributed by atoms with Crippen LogP contribution in [0.3, 0.4) is 0 Å². The molecule has 0 N–H and O–H groups in total. The molecule has 1 heteroatoms. The third-order valence-electron chi connectivity index (χ3n) is 8.43. The maximum Gasteiger partial charge on any atom is 0.119 e. The zero-order chi connectivity index (χ0) is 26.7. The molecule has 0 amide bonds. The van der Waals surface area contributed by atoms with Gasteiger partial charge in [-0.1, -0.05) is 212 Å². The van der Waals surface area contributed by atoms with E-state index in [1.165, 1.54) is 205 Å². The quantitative estimate of drug-likeness (QED) is 0.0609. The molecule has 0 bridgehead atoms. The summed E-state index contributed by atoms with van der Waals surface area (Å²) in [6, 6.07) is 0. The standard InChI is InChI=1S/C36H72O/c1-2-3-4-5-6-7-8-9-10-11-12-13-14-15-16-17-18-19-20-21-22-23-24-25-26-27-28-29-30-31-32-33-34-35-36-37/h36H,2-35H2,1H3. The van der Waals surface area contributed by atoms with E-state index in [2.05, 4.69) is 6.92 Å². The molecule has 222 valence electrons.